The summed E-state index contributed by atoms with van der Waals surface area (Å²) < 4.78 is 6.15. The van der Waals surface area contributed by atoms with Crippen LogP contribution in [-0.2, 0) is 15.1 Å². The van der Waals surface area contributed by atoms with Crippen LogP contribution < -0.4 is 0 Å². The maximum Gasteiger partial charge on any atom is 0.307 e. The number of hydrogen-bond donors (Lipinski definition) is 1. The highest BCUT2D eigenvalue weighted by molar-refractivity contribution is 5.83. The largest absolute Gasteiger partial charge is 0.508 e. The summed E-state index contributed by atoms with van der Waals surface area (Å²) in [5.74, 6) is -0.379. The fourth-order valence-corrected chi connectivity index (χ4v) is 4.49. The lowest BCUT2D eigenvalue weighted by molar-refractivity contribution is -0.146. The Bertz CT molecular complexity index is 1030. The Morgan fingerprint density at radius 2 is 1.37 bits per heavy atom. The zero-order valence-corrected chi connectivity index (χ0v) is 14.6. The SMILES string of the molecule is O=C1C[C@H](c2ccccc2O)C2(O1)c1ccccc1C=Cc1ccccc12. The lowest BCUT2D eigenvalue weighted by atomic mass is 9.71. The number of ether oxygens (including phenoxy) is 1. The van der Waals surface area contributed by atoms with Gasteiger partial charge in [-0.05, 0) is 17.2 Å². The van der Waals surface area contributed by atoms with Gasteiger partial charge in [0.25, 0.3) is 0 Å². The van der Waals surface area contributed by atoms with Gasteiger partial charge in [0.2, 0.25) is 0 Å². The van der Waals surface area contributed by atoms with Crippen molar-refractivity contribution in [2.24, 2.45) is 0 Å². The van der Waals surface area contributed by atoms with Crippen molar-refractivity contribution in [3.05, 3.63) is 101 Å². The highest BCUT2D eigenvalue weighted by atomic mass is 16.6. The van der Waals surface area contributed by atoms with E-state index in [9.17, 15) is 9.90 Å². The molecule has 1 spiro atoms. The number of esters is 1. The zero-order valence-electron chi connectivity index (χ0n) is 14.6. The van der Waals surface area contributed by atoms with Crippen molar-refractivity contribution in [3.63, 3.8) is 0 Å². The van der Waals surface area contributed by atoms with Crippen LogP contribution in [0.3, 0.4) is 0 Å². The first-order valence-corrected chi connectivity index (χ1v) is 9.07. The molecule has 3 heteroatoms. The van der Waals surface area contributed by atoms with Crippen molar-refractivity contribution in [2.75, 3.05) is 0 Å². The van der Waals surface area contributed by atoms with E-state index in [0.29, 0.717) is 0 Å². The molecule has 3 nitrogen and oxygen atoms in total. The van der Waals surface area contributed by atoms with Crippen molar-refractivity contribution >= 4 is 18.1 Å². The van der Waals surface area contributed by atoms with Gasteiger partial charge in [-0.1, -0.05) is 78.9 Å². The molecule has 1 N–H and O–H groups in total. The van der Waals surface area contributed by atoms with Gasteiger partial charge < -0.3 is 9.84 Å². The predicted molar refractivity (Wildman–Crippen MR) is 104 cm³/mol. The first-order valence-electron chi connectivity index (χ1n) is 9.07. The molecular formula is C24H18O3. The van der Waals surface area contributed by atoms with Crippen molar-refractivity contribution in [3.8, 4) is 5.75 Å². The number of benzene rings is 3. The first kappa shape index (κ1) is 15.9. The van der Waals surface area contributed by atoms with Crippen LogP contribution >= 0.6 is 0 Å². The lowest BCUT2D eigenvalue weighted by Crippen LogP contribution is -2.34. The Kier molecular flexibility index (Phi) is 3.44. The number of carbonyl (C=O) groups excluding carboxylic acids is 1. The van der Waals surface area contributed by atoms with Gasteiger partial charge in [-0.3, -0.25) is 4.79 Å². The molecule has 0 saturated carbocycles. The number of phenolic OH excluding ortho intramolecular Hbond substituents is 1. The lowest BCUT2D eigenvalue weighted by Gasteiger charge is -2.36. The second kappa shape index (κ2) is 5.85. The zero-order chi connectivity index (χ0) is 18.4. The average molecular weight is 354 g/mol. The maximum atomic E-state index is 12.6. The number of phenols is 1. The Balaban J connectivity index is 1.87. The van der Waals surface area contributed by atoms with Gasteiger partial charge in [-0.2, -0.15) is 0 Å². The van der Waals surface area contributed by atoms with E-state index in [-0.39, 0.29) is 24.1 Å². The Morgan fingerprint density at radius 3 is 2.00 bits per heavy atom. The summed E-state index contributed by atoms with van der Waals surface area (Å²) >= 11 is 0. The molecule has 2 aliphatic rings. The summed E-state index contributed by atoms with van der Waals surface area (Å²) in [4.78, 5) is 12.6. The van der Waals surface area contributed by atoms with Crippen molar-refractivity contribution in [1.29, 1.82) is 0 Å². The monoisotopic (exact) mass is 354 g/mol. The second-order valence-electron chi connectivity index (χ2n) is 7.03. The van der Waals surface area contributed by atoms with Gasteiger partial charge in [0, 0.05) is 22.6 Å². The third kappa shape index (κ3) is 2.25. The van der Waals surface area contributed by atoms with Crippen LogP contribution in [0.4, 0.5) is 0 Å². The molecule has 1 heterocycles. The molecule has 132 valence electrons. The Morgan fingerprint density at radius 1 is 0.815 bits per heavy atom. The molecule has 0 radical (unpaired) electrons. The van der Waals surface area contributed by atoms with Crippen LogP contribution in [0.25, 0.3) is 12.2 Å². The van der Waals surface area contributed by atoms with Gasteiger partial charge in [-0.15, -0.1) is 0 Å². The highest BCUT2D eigenvalue weighted by Gasteiger charge is 2.55. The molecule has 0 aromatic heterocycles. The minimum atomic E-state index is -0.966. The van der Waals surface area contributed by atoms with Gasteiger partial charge in [0.05, 0.1) is 6.42 Å². The van der Waals surface area contributed by atoms with Crippen LogP contribution in [0.5, 0.6) is 5.75 Å². The van der Waals surface area contributed by atoms with Crippen LogP contribution in [0.2, 0.25) is 0 Å². The molecule has 5 rings (SSSR count). The van der Waals surface area contributed by atoms with Crippen LogP contribution in [0.1, 0.15) is 40.2 Å². The normalized spacial score (nSPS) is 19.3. The molecule has 0 amide bonds. The summed E-state index contributed by atoms with van der Waals surface area (Å²) in [7, 11) is 0. The maximum absolute atomic E-state index is 12.6. The number of rotatable bonds is 1. The summed E-state index contributed by atoms with van der Waals surface area (Å²) in [6.07, 6.45) is 4.36. The molecular weight excluding hydrogens is 336 g/mol. The predicted octanol–water partition coefficient (Wildman–Crippen LogP) is 4.85. The highest BCUT2D eigenvalue weighted by Crippen LogP contribution is 2.56. The number of fused-ring (bicyclic) bond motifs is 4. The summed E-state index contributed by atoms with van der Waals surface area (Å²) in [5, 5.41) is 10.6. The van der Waals surface area contributed by atoms with E-state index >= 15 is 0 Å². The van der Waals surface area contributed by atoms with E-state index in [1.54, 1.807) is 12.1 Å². The van der Waals surface area contributed by atoms with Crippen molar-refractivity contribution in [1.82, 2.24) is 0 Å². The summed E-state index contributed by atoms with van der Waals surface area (Å²) in [6, 6.07) is 23.2. The molecule has 1 atom stereocenters. The molecule has 3 aromatic rings. The number of aromatic hydroxyl groups is 1. The van der Waals surface area contributed by atoms with Crippen LogP contribution in [0, 0.1) is 0 Å². The average Bonchev–Trinajstić information content (AvgIpc) is 2.97. The fourth-order valence-electron chi connectivity index (χ4n) is 4.49. The molecule has 3 aromatic carbocycles. The third-order valence-corrected chi connectivity index (χ3v) is 5.61. The summed E-state index contributed by atoms with van der Waals surface area (Å²) in [5.41, 5.74) is 3.70. The van der Waals surface area contributed by atoms with Gasteiger partial charge >= 0.3 is 5.97 Å². The van der Waals surface area contributed by atoms with Crippen LogP contribution in [-0.4, -0.2) is 11.1 Å². The van der Waals surface area contributed by atoms with E-state index in [0.717, 1.165) is 27.8 Å². The molecule has 27 heavy (non-hydrogen) atoms. The number of hydrogen-bond acceptors (Lipinski definition) is 3. The Labute approximate surface area is 157 Å². The van der Waals surface area contributed by atoms with E-state index in [2.05, 4.69) is 12.2 Å². The minimum absolute atomic E-state index is 0.187. The topological polar surface area (TPSA) is 46.5 Å². The first-order chi connectivity index (χ1) is 13.2. The van der Waals surface area contributed by atoms with E-state index in [1.807, 2.05) is 60.7 Å². The Hall–Kier alpha value is -3.33. The van der Waals surface area contributed by atoms with E-state index in [4.69, 9.17) is 4.74 Å². The molecule has 1 aliphatic carbocycles. The van der Waals surface area contributed by atoms with Gasteiger partial charge in [-0.25, -0.2) is 0 Å². The smallest absolute Gasteiger partial charge is 0.307 e. The van der Waals surface area contributed by atoms with E-state index in [1.165, 1.54) is 0 Å². The van der Waals surface area contributed by atoms with E-state index < -0.39 is 5.60 Å². The molecule has 0 unspecified atom stereocenters. The molecule has 1 aliphatic heterocycles. The standard InChI is InChI=1S/C24H18O3/c25-22-12-6-3-9-18(22)21-15-23(26)27-24(21)19-10-4-1-7-16(19)13-14-17-8-2-5-11-20(17)24/h1-14,21,25H,15H2/t21-/m1/s1. The van der Waals surface area contributed by atoms with Gasteiger partial charge in [0.1, 0.15) is 5.75 Å². The third-order valence-electron chi connectivity index (χ3n) is 5.61. The fraction of sp³-hybridized carbons (Fsp3) is 0.125. The second-order valence-corrected chi connectivity index (χ2v) is 7.03. The molecule has 1 saturated heterocycles. The quantitative estimate of drug-likeness (QED) is 0.636. The molecule has 0 bridgehead atoms. The van der Waals surface area contributed by atoms with Gasteiger partial charge in [0.15, 0.2) is 5.60 Å². The summed E-state index contributed by atoms with van der Waals surface area (Å²) in [6.45, 7) is 0. The van der Waals surface area contributed by atoms with Crippen LogP contribution in [0.15, 0.2) is 72.8 Å². The minimum Gasteiger partial charge on any atom is -0.508 e. The number of para-hydroxylation sites is 1. The number of carbonyl (C=O) groups is 1. The van der Waals surface area contributed by atoms with Crippen molar-refractivity contribution < 1.29 is 14.6 Å². The molecule has 1 fully saturated rings. The van der Waals surface area contributed by atoms with Crippen molar-refractivity contribution in [2.45, 2.75) is 17.9 Å².